The maximum Gasteiger partial charge on any atom is 0.0579 e. The lowest BCUT2D eigenvalue weighted by atomic mass is 9.87. The average molecular weight is 807 g/mol. The van der Waals surface area contributed by atoms with Crippen molar-refractivity contribution in [3.63, 3.8) is 0 Å². The van der Waals surface area contributed by atoms with Crippen LogP contribution in [0.2, 0.25) is 39.3 Å². The second kappa shape index (κ2) is 14.5. The maximum absolute atomic E-state index is 2.62. The molecular formula is C55H62N2Si2. The smallest absolute Gasteiger partial charge is 0.0579 e. The van der Waals surface area contributed by atoms with Crippen molar-refractivity contribution in [3.8, 4) is 11.1 Å². The first-order valence-electron chi connectivity index (χ1n) is 21.4. The van der Waals surface area contributed by atoms with E-state index < -0.39 is 16.1 Å². The standard InChI is InChI=1S/C55H62N2Si2/c1-53(2,3)41-24-29-45(30-25-41)56(43-19-15-13-16-20-43)47-28-23-39-36-50-49-34-33-48(38-52(49)55(58(7,8)9,59(10,11)12)51(50)37-40(39)35-47)57(44-21-17-14-18-22-44)46-31-26-42(27-32-46)54(4,5)6/h13-38H,1-12H3. The molecule has 7 aromatic carbocycles. The van der Waals surface area contributed by atoms with Crippen LogP contribution in [0.25, 0.3) is 21.9 Å². The van der Waals surface area contributed by atoms with Crippen molar-refractivity contribution < 1.29 is 0 Å². The Morgan fingerprint density at radius 3 is 1.19 bits per heavy atom. The normalized spacial score (nSPS) is 13.9. The van der Waals surface area contributed by atoms with Gasteiger partial charge in [-0.2, -0.15) is 0 Å². The monoisotopic (exact) mass is 806 g/mol. The van der Waals surface area contributed by atoms with Crippen LogP contribution in [0.3, 0.4) is 0 Å². The maximum atomic E-state index is 2.62. The first-order chi connectivity index (χ1) is 27.8. The van der Waals surface area contributed by atoms with Crippen LogP contribution in [0.5, 0.6) is 0 Å². The predicted molar refractivity (Wildman–Crippen MR) is 264 cm³/mol. The van der Waals surface area contributed by atoms with E-state index in [1.54, 1.807) is 0 Å². The van der Waals surface area contributed by atoms with Gasteiger partial charge in [-0.15, -0.1) is 0 Å². The molecule has 0 saturated carbocycles. The van der Waals surface area contributed by atoms with E-state index >= 15 is 0 Å². The number of rotatable bonds is 8. The Balaban J connectivity index is 1.32. The highest BCUT2D eigenvalue weighted by Crippen LogP contribution is 2.59. The second-order valence-electron chi connectivity index (χ2n) is 20.8. The summed E-state index contributed by atoms with van der Waals surface area (Å²) in [7, 11) is -3.95. The van der Waals surface area contributed by atoms with Gasteiger partial charge in [0.25, 0.3) is 0 Å². The van der Waals surface area contributed by atoms with Crippen molar-refractivity contribution in [1.82, 2.24) is 0 Å². The molecular weight excluding hydrogens is 745 g/mol. The zero-order valence-corrected chi connectivity index (χ0v) is 39.4. The molecule has 8 rings (SSSR count). The molecule has 4 heteroatoms. The van der Waals surface area contributed by atoms with Crippen molar-refractivity contribution >= 4 is 61.0 Å². The lowest BCUT2D eigenvalue weighted by molar-refractivity contribution is 0.590. The molecule has 0 spiro atoms. The summed E-state index contributed by atoms with van der Waals surface area (Å²) in [6.07, 6.45) is 0. The van der Waals surface area contributed by atoms with E-state index in [4.69, 9.17) is 0 Å². The fraction of sp³-hybridized carbons (Fsp3) is 0.273. The minimum absolute atomic E-state index is 0.0226. The Hall–Kier alpha value is -5.17. The zero-order chi connectivity index (χ0) is 42.1. The molecule has 0 radical (unpaired) electrons. The Bertz CT molecular complexity index is 2600. The molecule has 59 heavy (non-hydrogen) atoms. The summed E-state index contributed by atoms with van der Waals surface area (Å²) in [4.78, 5) is 4.88. The molecule has 0 aliphatic heterocycles. The molecule has 7 aromatic rings. The molecule has 2 nitrogen and oxygen atoms in total. The number of nitrogens with zero attached hydrogens (tertiary/aromatic N) is 2. The highest BCUT2D eigenvalue weighted by atomic mass is 28.4. The fourth-order valence-electron chi connectivity index (χ4n) is 10.3. The van der Waals surface area contributed by atoms with Crippen LogP contribution in [-0.2, 0) is 15.5 Å². The molecule has 1 aliphatic rings. The van der Waals surface area contributed by atoms with Crippen LogP contribution in [0, 0.1) is 0 Å². The molecule has 300 valence electrons. The van der Waals surface area contributed by atoms with Crippen molar-refractivity contribution in [1.29, 1.82) is 0 Å². The van der Waals surface area contributed by atoms with E-state index in [1.165, 1.54) is 72.6 Å². The third kappa shape index (κ3) is 7.08. The van der Waals surface area contributed by atoms with E-state index in [0.717, 1.165) is 5.69 Å². The van der Waals surface area contributed by atoms with E-state index in [0.29, 0.717) is 0 Å². The molecule has 0 atom stereocenters. The van der Waals surface area contributed by atoms with Gasteiger partial charge in [0.2, 0.25) is 0 Å². The minimum atomic E-state index is -1.97. The summed E-state index contributed by atoms with van der Waals surface area (Å²) in [5.41, 5.74) is 15.8. The highest BCUT2D eigenvalue weighted by molar-refractivity contribution is 6.99. The summed E-state index contributed by atoms with van der Waals surface area (Å²) < 4.78 is -0.0226. The number of hydrogen-bond donors (Lipinski definition) is 0. The van der Waals surface area contributed by atoms with Crippen molar-refractivity contribution in [3.05, 3.63) is 180 Å². The van der Waals surface area contributed by atoms with Crippen molar-refractivity contribution in [2.75, 3.05) is 9.80 Å². The molecule has 0 N–H and O–H groups in total. The lowest BCUT2D eigenvalue weighted by Crippen LogP contribution is -2.63. The Labute approximate surface area is 356 Å². The van der Waals surface area contributed by atoms with Crippen LogP contribution in [-0.4, -0.2) is 16.1 Å². The van der Waals surface area contributed by atoms with Gasteiger partial charge in [0, 0.05) is 38.8 Å². The lowest BCUT2D eigenvalue weighted by Gasteiger charge is -2.51. The highest BCUT2D eigenvalue weighted by Gasteiger charge is 2.59. The minimum Gasteiger partial charge on any atom is -0.310 e. The summed E-state index contributed by atoms with van der Waals surface area (Å²) in [5, 5.41) is 2.58. The van der Waals surface area contributed by atoms with Gasteiger partial charge >= 0.3 is 0 Å². The summed E-state index contributed by atoms with van der Waals surface area (Å²) in [6.45, 7) is 29.4. The third-order valence-corrected chi connectivity index (χ3v) is 22.9. The number of fused-ring (bicyclic) bond motifs is 4. The summed E-state index contributed by atoms with van der Waals surface area (Å²) in [5.74, 6) is 0. The molecule has 0 unspecified atom stereocenters. The fourth-order valence-corrected chi connectivity index (χ4v) is 23.4. The molecule has 0 amide bonds. The van der Waals surface area contributed by atoms with Gasteiger partial charge < -0.3 is 9.80 Å². The Morgan fingerprint density at radius 1 is 0.356 bits per heavy atom. The Morgan fingerprint density at radius 2 is 0.746 bits per heavy atom. The molecule has 0 bridgehead atoms. The molecule has 0 aromatic heterocycles. The zero-order valence-electron chi connectivity index (χ0n) is 37.4. The number of benzene rings is 7. The Kier molecular flexibility index (Phi) is 10.0. The van der Waals surface area contributed by atoms with E-state index in [-0.39, 0.29) is 15.5 Å². The van der Waals surface area contributed by atoms with Gasteiger partial charge in [-0.05, 0) is 134 Å². The van der Waals surface area contributed by atoms with Gasteiger partial charge in [-0.1, -0.05) is 160 Å². The molecule has 0 fully saturated rings. The van der Waals surface area contributed by atoms with Crippen LogP contribution in [0.1, 0.15) is 63.8 Å². The van der Waals surface area contributed by atoms with Gasteiger partial charge in [-0.25, -0.2) is 0 Å². The van der Waals surface area contributed by atoms with Crippen LogP contribution >= 0.6 is 0 Å². The average Bonchev–Trinajstić information content (AvgIpc) is 3.48. The van der Waals surface area contributed by atoms with Crippen molar-refractivity contribution in [2.45, 2.75) is 96.3 Å². The SMILES string of the molecule is CC(C)(C)c1ccc(N(c2ccccc2)c2ccc3c(c2)C([Si](C)(C)C)([Si](C)(C)C)c2cc4cc(N(c5ccccc5)c5ccc(C(C)(C)C)cc5)ccc4cc2-3)cc1. The predicted octanol–water partition coefficient (Wildman–Crippen LogP) is 16.4. The molecule has 0 heterocycles. The van der Waals surface area contributed by atoms with Crippen LogP contribution < -0.4 is 9.80 Å². The topological polar surface area (TPSA) is 6.48 Å². The summed E-state index contributed by atoms with van der Waals surface area (Å²) in [6, 6.07) is 59.7. The number of anilines is 6. The van der Waals surface area contributed by atoms with Crippen LogP contribution in [0.4, 0.5) is 34.1 Å². The van der Waals surface area contributed by atoms with Gasteiger partial charge in [0.05, 0.1) is 16.1 Å². The van der Waals surface area contributed by atoms with Gasteiger partial charge in [0.1, 0.15) is 0 Å². The molecule has 1 aliphatic carbocycles. The second-order valence-corrected chi connectivity index (χ2v) is 31.8. The van der Waals surface area contributed by atoms with Crippen molar-refractivity contribution in [2.24, 2.45) is 0 Å². The number of hydrogen-bond acceptors (Lipinski definition) is 2. The largest absolute Gasteiger partial charge is 0.310 e. The number of para-hydroxylation sites is 2. The third-order valence-electron chi connectivity index (χ3n) is 12.8. The summed E-state index contributed by atoms with van der Waals surface area (Å²) >= 11 is 0. The van der Waals surface area contributed by atoms with Crippen LogP contribution in [0.15, 0.2) is 158 Å². The van der Waals surface area contributed by atoms with Gasteiger partial charge in [-0.3, -0.25) is 0 Å². The van der Waals surface area contributed by atoms with E-state index in [2.05, 4.69) is 248 Å². The first-order valence-corrected chi connectivity index (χ1v) is 28.4. The van der Waals surface area contributed by atoms with Gasteiger partial charge in [0.15, 0.2) is 0 Å². The quantitative estimate of drug-likeness (QED) is 0.141. The molecule has 0 saturated heterocycles. The first kappa shape index (κ1) is 40.6. The van der Waals surface area contributed by atoms with E-state index in [1.807, 2.05) is 0 Å². The van der Waals surface area contributed by atoms with E-state index in [9.17, 15) is 0 Å².